The predicted octanol–water partition coefficient (Wildman–Crippen LogP) is 3.63. The third-order valence-electron chi connectivity index (χ3n) is 5.37. The Bertz CT molecular complexity index is 847. The van der Waals surface area contributed by atoms with Gasteiger partial charge in [0.25, 0.3) is 0 Å². The SMILES string of the molecule is C[C@H](C(=O)N[C@H](C)c1ccc(F)cc1)N1CCN(c2ccc(C(F)(F)F)cn2)CC1. The zero-order chi connectivity index (χ0) is 21.9. The van der Waals surface area contributed by atoms with Gasteiger partial charge in [-0.15, -0.1) is 0 Å². The quantitative estimate of drug-likeness (QED) is 0.745. The average Bonchev–Trinajstić information content (AvgIpc) is 2.73. The van der Waals surface area contributed by atoms with Crippen molar-refractivity contribution in [2.45, 2.75) is 32.1 Å². The Morgan fingerprint density at radius 3 is 2.20 bits per heavy atom. The van der Waals surface area contributed by atoms with Crippen molar-refractivity contribution in [1.29, 1.82) is 0 Å². The van der Waals surface area contributed by atoms with Gasteiger partial charge in [-0.25, -0.2) is 9.37 Å². The highest BCUT2D eigenvalue weighted by molar-refractivity contribution is 5.81. The van der Waals surface area contributed by atoms with E-state index in [1.807, 2.05) is 23.6 Å². The summed E-state index contributed by atoms with van der Waals surface area (Å²) in [6.07, 6.45) is -3.56. The van der Waals surface area contributed by atoms with Crippen LogP contribution in [0.25, 0.3) is 0 Å². The Balaban J connectivity index is 1.52. The monoisotopic (exact) mass is 424 g/mol. The summed E-state index contributed by atoms with van der Waals surface area (Å²) in [4.78, 5) is 20.5. The number of hydrogen-bond acceptors (Lipinski definition) is 4. The molecule has 2 aromatic rings. The number of anilines is 1. The highest BCUT2D eigenvalue weighted by Crippen LogP contribution is 2.29. The number of alkyl halides is 3. The molecule has 1 amide bonds. The normalized spacial score (nSPS) is 17.5. The maximum absolute atomic E-state index is 13.1. The molecule has 0 bridgehead atoms. The molecule has 0 unspecified atom stereocenters. The van der Waals surface area contributed by atoms with Crippen molar-refractivity contribution in [3.63, 3.8) is 0 Å². The minimum absolute atomic E-state index is 0.132. The standard InChI is InChI=1S/C21H24F4N4O/c1-14(16-3-6-18(22)7-4-16)27-20(30)15(2)28-9-11-29(12-10-28)19-8-5-17(13-26-19)21(23,24)25/h3-8,13-15H,9-12H2,1-2H3,(H,27,30)/t14-,15-/m1/s1. The van der Waals surface area contributed by atoms with Crippen LogP contribution in [0.2, 0.25) is 0 Å². The van der Waals surface area contributed by atoms with E-state index in [4.69, 9.17) is 0 Å². The van der Waals surface area contributed by atoms with E-state index in [2.05, 4.69) is 10.3 Å². The lowest BCUT2D eigenvalue weighted by atomic mass is 10.1. The number of carbonyl (C=O) groups excluding carboxylic acids is 1. The molecule has 1 fully saturated rings. The van der Waals surface area contributed by atoms with Crippen molar-refractivity contribution < 1.29 is 22.4 Å². The molecule has 0 saturated carbocycles. The van der Waals surface area contributed by atoms with E-state index in [-0.39, 0.29) is 23.8 Å². The van der Waals surface area contributed by atoms with Gasteiger partial charge in [-0.05, 0) is 43.7 Å². The van der Waals surface area contributed by atoms with E-state index in [0.29, 0.717) is 32.0 Å². The number of hydrogen-bond donors (Lipinski definition) is 1. The first-order valence-electron chi connectivity index (χ1n) is 9.73. The molecule has 162 valence electrons. The Morgan fingerprint density at radius 1 is 1.03 bits per heavy atom. The molecular formula is C21H24F4N4O. The fourth-order valence-electron chi connectivity index (χ4n) is 3.41. The van der Waals surface area contributed by atoms with E-state index >= 15 is 0 Å². The van der Waals surface area contributed by atoms with Crippen LogP contribution in [0.15, 0.2) is 42.6 Å². The topological polar surface area (TPSA) is 48.5 Å². The summed E-state index contributed by atoms with van der Waals surface area (Å²) in [5, 5.41) is 2.94. The number of amides is 1. The first kappa shape index (κ1) is 22.0. The van der Waals surface area contributed by atoms with Crippen molar-refractivity contribution in [3.05, 3.63) is 59.5 Å². The van der Waals surface area contributed by atoms with Crippen molar-refractivity contribution in [2.75, 3.05) is 31.1 Å². The van der Waals surface area contributed by atoms with Gasteiger partial charge in [0.2, 0.25) is 5.91 Å². The second-order valence-electron chi connectivity index (χ2n) is 7.38. The summed E-state index contributed by atoms with van der Waals surface area (Å²) in [5.41, 5.74) is 0.0422. The van der Waals surface area contributed by atoms with Crippen LogP contribution in [-0.2, 0) is 11.0 Å². The number of carbonyl (C=O) groups is 1. The number of pyridine rings is 1. The highest BCUT2D eigenvalue weighted by Gasteiger charge is 2.31. The van der Waals surface area contributed by atoms with Gasteiger partial charge in [-0.2, -0.15) is 13.2 Å². The van der Waals surface area contributed by atoms with Crippen LogP contribution < -0.4 is 10.2 Å². The third kappa shape index (κ3) is 5.27. The van der Waals surface area contributed by atoms with Gasteiger partial charge in [0, 0.05) is 32.4 Å². The molecule has 5 nitrogen and oxygen atoms in total. The molecule has 9 heteroatoms. The Kier molecular flexibility index (Phi) is 6.60. The van der Waals surface area contributed by atoms with Crippen molar-refractivity contribution >= 4 is 11.7 Å². The van der Waals surface area contributed by atoms with Crippen LogP contribution in [0.4, 0.5) is 23.4 Å². The summed E-state index contributed by atoms with van der Waals surface area (Å²) in [5.74, 6) is 0.0312. The molecule has 0 radical (unpaired) electrons. The molecule has 30 heavy (non-hydrogen) atoms. The highest BCUT2D eigenvalue weighted by atomic mass is 19.4. The first-order valence-corrected chi connectivity index (χ1v) is 9.73. The van der Waals surface area contributed by atoms with Crippen LogP contribution in [0.1, 0.15) is 31.0 Å². The van der Waals surface area contributed by atoms with Gasteiger partial charge < -0.3 is 10.2 Å². The van der Waals surface area contributed by atoms with E-state index in [9.17, 15) is 22.4 Å². The number of nitrogens with zero attached hydrogens (tertiary/aromatic N) is 3. The molecule has 1 saturated heterocycles. The van der Waals surface area contributed by atoms with E-state index < -0.39 is 11.7 Å². The van der Waals surface area contributed by atoms with Gasteiger partial charge >= 0.3 is 6.18 Å². The Labute approximate surface area is 172 Å². The minimum Gasteiger partial charge on any atom is -0.354 e. The Morgan fingerprint density at radius 2 is 1.67 bits per heavy atom. The minimum atomic E-state index is -4.40. The number of rotatable bonds is 5. The summed E-state index contributed by atoms with van der Waals surface area (Å²) in [6.45, 7) is 5.95. The molecule has 0 spiro atoms. The number of benzene rings is 1. The molecular weight excluding hydrogens is 400 g/mol. The maximum atomic E-state index is 13.1. The lowest BCUT2D eigenvalue weighted by Gasteiger charge is -2.38. The molecule has 0 aliphatic carbocycles. The molecule has 1 aromatic carbocycles. The summed E-state index contributed by atoms with van der Waals surface area (Å²) in [6, 6.07) is 7.78. The van der Waals surface area contributed by atoms with Crippen molar-refractivity contribution in [2.24, 2.45) is 0 Å². The smallest absolute Gasteiger partial charge is 0.354 e. The van der Waals surface area contributed by atoms with E-state index in [0.717, 1.165) is 17.8 Å². The van der Waals surface area contributed by atoms with Crippen molar-refractivity contribution in [1.82, 2.24) is 15.2 Å². The zero-order valence-electron chi connectivity index (χ0n) is 16.8. The van der Waals surface area contributed by atoms with Crippen molar-refractivity contribution in [3.8, 4) is 0 Å². The van der Waals surface area contributed by atoms with Gasteiger partial charge in [-0.3, -0.25) is 9.69 Å². The number of aromatic nitrogens is 1. The number of piperazine rings is 1. The van der Waals surface area contributed by atoms with Crippen LogP contribution in [0.5, 0.6) is 0 Å². The summed E-state index contributed by atoms with van der Waals surface area (Å²) < 4.78 is 51.1. The van der Waals surface area contributed by atoms with Gasteiger partial charge in [0.15, 0.2) is 0 Å². The van der Waals surface area contributed by atoms with Crippen LogP contribution >= 0.6 is 0 Å². The van der Waals surface area contributed by atoms with E-state index in [1.54, 1.807) is 12.1 Å². The summed E-state index contributed by atoms with van der Waals surface area (Å²) in [7, 11) is 0. The number of halogens is 4. The van der Waals surface area contributed by atoms with Gasteiger partial charge in [0.05, 0.1) is 17.6 Å². The molecule has 3 rings (SSSR count). The van der Waals surface area contributed by atoms with E-state index in [1.165, 1.54) is 18.2 Å². The second-order valence-corrected chi connectivity index (χ2v) is 7.38. The molecule has 1 N–H and O–H groups in total. The molecule has 1 aromatic heterocycles. The fourth-order valence-corrected chi connectivity index (χ4v) is 3.41. The number of nitrogens with one attached hydrogen (secondary N) is 1. The lowest BCUT2D eigenvalue weighted by Crippen LogP contribution is -2.54. The van der Waals surface area contributed by atoms with Crippen LogP contribution in [0, 0.1) is 5.82 Å². The van der Waals surface area contributed by atoms with Crippen LogP contribution in [0.3, 0.4) is 0 Å². The molecule has 2 atom stereocenters. The van der Waals surface area contributed by atoms with Crippen LogP contribution in [-0.4, -0.2) is 48.0 Å². The van der Waals surface area contributed by atoms with Gasteiger partial charge in [0.1, 0.15) is 11.6 Å². The molecule has 1 aliphatic rings. The molecule has 1 aliphatic heterocycles. The fraction of sp³-hybridized carbons (Fsp3) is 0.429. The summed E-state index contributed by atoms with van der Waals surface area (Å²) >= 11 is 0. The molecule has 2 heterocycles. The zero-order valence-corrected chi connectivity index (χ0v) is 16.8. The Hall–Kier alpha value is -2.68. The second kappa shape index (κ2) is 8.99. The maximum Gasteiger partial charge on any atom is 0.417 e. The lowest BCUT2D eigenvalue weighted by molar-refractivity contribution is -0.137. The predicted molar refractivity (Wildman–Crippen MR) is 105 cm³/mol. The third-order valence-corrected chi connectivity index (χ3v) is 5.37. The largest absolute Gasteiger partial charge is 0.417 e. The first-order chi connectivity index (χ1) is 14.1. The average molecular weight is 424 g/mol. The van der Waals surface area contributed by atoms with Gasteiger partial charge in [-0.1, -0.05) is 12.1 Å².